The van der Waals surface area contributed by atoms with E-state index in [4.69, 9.17) is 5.73 Å². The molecular formula is C15H29N3O. The van der Waals surface area contributed by atoms with Crippen molar-refractivity contribution in [1.29, 1.82) is 0 Å². The second-order valence-corrected chi connectivity index (χ2v) is 6.67. The number of amides is 1. The van der Waals surface area contributed by atoms with Crippen molar-refractivity contribution in [3.05, 3.63) is 0 Å². The van der Waals surface area contributed by atoms with E-state index in [1.807, 2.05) is 7.05 Å². The van der Waals surface area contributed by atoms with E-state index in [1.165, 1.54) is 25.7 Å². The van der Waals surface area contributed by atoms with Gasteiger partial charge in [0, 0.05) is 12.1 Å². The second kappa shape index (κ2) is 5.80. The van der Waals surface area contributed by atoms with Crippen LogP contribution in [0.3, 0.4) is 0 Å². The van der Waals surface area contributed by atoms with Gasteiger partial charge in [0.15, 0.2) is 0 Å². The molecule has 4 nitrogen and oxygen atoms in total. The predicted molar refractivity (Wildman–Crippen MR) is 77.8 cm³/mol. The number of hydrogen-bond acceptors (Lipinski definition) is 3. The Balaban J connectivity index is 1.94. The standard InChI is InChI=1S/C15H29N3O/c1-11-4-6-12(7-5-11)18(3)13-8-9-15(10-13,17-2)14(16)19/h11-13,17H,4-10H2,1-3H3,(H2,16,19). The molecule has 0 heterocycles. The molecule has 19 heavy (non-hydrogen) atoms. The monoisotopic (exact) mass is 267 g/mol. The first-order valence-electron chi connectivity index (χ1n) is 7.69. The molecule has 2 saturated carbocycles. The molecule has 1 amide bonds. The van der Waals surface area contributed by atoms with E-state index in [0.717, 1.165) is 25.2 Å². The molecule has 2 rings (SSSR count). The molecule has 0 saturated heterocycles. The normalized spacial score (nSPS) is 39.7. The maximum atomic E-state index is 11.7. The second-order valence-electron chi connectivity index (χ2n) is 6.67. The lowest BCUT2D eigenvalue weighted by molar-refractivity contribution is -0.124. The lowest BCUT2D eigenvalue weighted by atomic mass is 9.86. The van der Waals surface area contributed by atoms with Crippen LogP contribution in [0, 0.1) is 5.92 Å². The minimum atomic E-state index is -0.471. The van der Waals surface area contributed by atoms with Crippen molar-refractivity contribution >= 4 is 5.91 Å². The van der Waals surface area contributed by atoms with Crippen LogP contribution in [0.25, 0.3) is 0 Å². The summed E-state index contributed by atoms with van der Waals surface area (Å²) in [5.41, 5.74) is 5.11. The van der Waals surface area contributed by atoms with Gasteiger partial charge in [-0.3, -0.25) is 4.79 Å². The summed E-state index contributed by atoms with van der Waals surface area (Å²) in [4.78, 5) is 14.2. The van der Waals surface area contributed by atoms with E-state index in [-0.39, 0.29) is 5.91 Å². The van der Waals surface area contributed by atoms with E-state index < -0.39 is 5.54 Å². The first-order chi connectivity index (χ1) is 8.98. The van der Waals surface area contributed by atoms with Crippen molar-refractivity contribution in [1.82, 2.24) is 10.2 Å². The van der Waals surface area contributed by atoms with Crippen LogP contribution in [0.2, 0.25) is 0 Å². The van der Waals surface area contributed by atoms with Crippen molar-refractivity contribution in [3.8, 4) is 0 Å². The molecule has 2 aliphatic rings. The Morgan fingerprint density at radius 2 is 1.84 bits per heavy atom. The Kier molecular flexibility index (Phi) is 4.51. The first-order valence-corrected chi connectivity index (χ1v) is 7.69. The molecule has 0 aliphatic heterocycles. The van der Waals surface area contributed by atoms with E-state index in [1.54, 1.807) is 0 Å². The van der Waals surface area contributed by atoms with Gasteiger partial charge in [0.25, 0.3) is 0 Å². The lowest BCUT2D eigenvalue weighted by Gasteiger charge is -2.38. The highest BCUT2D eigenvalue weighted by Crippen LogP contribution is 2.36. The summed E-state index contributed by atoms with van der Waals surface area (Å²) in [6.45, 7) is 2.35. The summed E-state index contributed by atoms with van der Waals surface area (Å²) in [7, 11) is 4.09. The average Bonchev–Trinajstić information content (AvgIpc) is 2.84. The van der Waals surface area contributed by atoms with Gasteiger partial charge in [-0.1, -0.05) is 6.92 Å². The Bertz CT molecular complexity index is 325. The maximum absolute atomic E-state index is 11.7. The van der Waals surface area contributed by atoms with Gasteiger partial charge in [-0.05, 0) is 65.0 Å². The molecule has 0 aromatic rings. The first kappa shape index (κ1) is 14.8. The molecule has 0 aromatic carbocycles. The molecule has 0 aromatic heterocycles. The highest BCUT2D eigenvalue weighted by atomic mass is 16.1. The van der Waals surface area contributed by atoms with Crippen LogP contribution in [0.15, 0.2) is 0 Å². The number of hydrogen-bond donors (Lipinski definition) is 2. The van der Waals surface area contributed by atoms with Crippen LogP contribution in [-0.2, 0) is 4.79 Å². The Morgan fingerprint density at radius 3 is 2.32 bits per heavy atom. The van der Waals surface area contributed by atoms with Gasteiger partial charge in [0.2, 0.25) is 5.91 Å². The van der Waals surface area contributed by atoms with Crippen LogP contribution < -0.4 is 11.1 Å². The molecule has 2 atom stereocenters. The molecule has 2 aliphatic carbocycles. The zero-order valence-electron chi connectivity index (χ0n) is 12.6. The van der Waals surface area contributed by atoms with Crippen LogP contribution in [0.5, 0.6) is 0 Å². The van der Waals surface area contributed by atoms with E-state index in [9.17, 15) is 4.79 Å². The molecule has 4 heteroatoms. The van der Waals surface area contributed by atoms with Gasteiger partial charge < -0.3 is 16.0 Å². The molecule has 0 radical (unpaired) electrons. The van der Waals surface area contributed by atoms with Gasteiger partial charge >= 0.3 is 0 Å². The smallest absolute Gasteiger partial charge is 0.237 e. The van der Waals surface area contributed by atoms with Gasteiger partial charge in [-0.2, -0.15) is 0 Å². The number of carbonyl (C=O) groups is 1. The third kappa shape index (κ3) is 2.95. The van der Waals surface area contributed by atoms with Crippen molar-refractivity contribution in [2.24, 2.45) is 11.7 Å². The number of nitrogens with one attached hydrogen (secondary N) is 1. The predicted octanol–water partition coefficient (Wildman–Crippen LogP) is 1.49. The van der Waals surface area contributed by atoms with Crippen molar-refractivity contribution < 1.29 is 4.79 Å². The summed E-state index contributed by atoms with van der Waals surface area (Å²) in [6.07, 6.45) is 8.10. The molecule has 110 valence electrons. The summed E-state index contributed by atoms with van der Waals surface area (Å²) in [6, 6.07) is 1.19. The van der Waals surface area contributed by atoms with E-state index in [2.05, 4.69) is 24.2 Å². The zero-order chi connectivity index (χ0) is 14.0. The Hall–Kier alpha value is -0.610. The van der Waals surface area contributed by atoms with Crippen LogP contribution in [0.4, 0.5) is 0 Å². The fourth-order valence-corrected chi connectivity index (χ4v) is 3.89. The number of rotatable bonds is 4. The van der Waals surface area contributed by atoms with E-state index in [0.29, 0.717) is 12.1 Å². The van der Waals surface area contributed by atoms with Crippen molar-refractivity contribution in [3.63, 3.8) is 0 Å². The molecular weight excluding hydrogens is 238 g/mol. The number of nitrogens with two attached hydrogens (primary N) is 1. The van der Waals surface area contributed by atoms with Gasteiger partial charge in [-0.15, -0.1) is 0 Å². The highest BCUT2D eigenvalue weighted by molar-refractivity contribution is 5.85. The fourth-order valence-electron chi connectivity index (χ4n) is 3.89. The highest BCUT2D eigenvalue weighted by Gasteiger charge is 2.45. The fraction of sp³-hybridized carbons (Fsp3) is 0.933. The van der Waals surface area contributed by atoms with Crippen LogP contribution in [-0.4, -0.2) is 42.5 Å². The van der Waals surface area contributed by atoms with Gasteiger partial charge in [0.1, 0.15) is 0 Å². The average molecular weight is 267 g/mol. The number of primary amides is 1. The lowest BCUT2D eigenvalue weighted by Crippen LogP contribution is -2.53. The maximum Gasteiger partial charge on any atom is 0.237 e. The molecule has 2 fully saturated rings. The summed E-state index contributed by atoms with van der Waals surface area (Å²) in [5.74, 6) is 0.693. The van der Waals surface area contributed by atoms with Crippen LogP contribution in [0.1, 0.15) is 51.9 Å². The number of carbonyl (C=O) groups excluding carboxylic acids is 1. The summed E-state index contributed by atoms with van der Waals surface area (Å²) < 4.78 is 0. The SMILES string of the molecule is CNC1(C(N)=O)CCC(N(C)C2CCC(C)CC2)C1. The molecule has 3 N–H and O–H groups in total. The minimum Gasteiger partial charge on any atom is -0.368 e. The Morgan fingerprint density at radius 1 is 1.21 bits per heavy atom. The molecule has 0 bridgehead atoms. The largest absolute Gasteiger partial charge is 0.368 e. The molecule has 2 unspecified atom stereocenters. The Labute approximate surface area is 117 Å². The third-order valence-electron chi connectivity index (χ3n) is 5.58. The van der Waals surface area contributed by atoms with Crippen molar-refractivity contribution in [2.75, 3.05) is 14.1 Å². The number of nitrogens with zero attached hydrogens (tertiary/aromatic N) is 1. The zero-order valence-corrected chi connectivity index (χ0v) is 12.6. The molecule has 0 spiro atoms. The van der Waals surface area contributed by atoms with E-state index >= 15 is 0 Å². The van der Waals surface area contributed by atoms with Gasteiger partial charge in [0.05, 0.1) is 5.54 Å². The van der Waals surface area contributed by atoms with Gasteiger partial charge in [-0.25, -0.2) is 0 Å². The van der Waals surface area contributed by atoms with Crippen LogP contribution >= 0.6 is 0 Å². The van der Waals surface area contributed by atoms with Crippen molar-refractivity contribution in [2.45, 2.75) is 69.5 Å². The number of likely N-dealkylation sites (N-methyl/N-ethyl adjacent to an activating group) is 1. The summed E-state index contributed by atoms with van der Waals surface area (Å²) >= 11 is 0. The quantitative estimate of drug-likeness (QED) is 0.811. The topological polar surface area (TPSA) is 58.4 Å². The summed E-state index contributed by atoms with van der Waals surface area (Å²) in [5, 5.41) is 3.17. The third-order valence-corrected chi connectivity index (χ3v) is 5.58. The minimum absolute atomic E-state index is 0.192.